The smallest absolute Gasteiger partial charge is 0.252 e. The van der Waals surface area contributed by atoms with Crippen molar-refractivity contribution < 1.29 is 14.3 Å². The summed E-state index contributed by atoms with van der Waals surface area (Å²) in [5.41, 5.74) is 11.9. The second kappa shape index (κ2) is 8.40. The third-order valence-electron chi connectivity index (χ3n) is 3.62. The van der Waals surface area contributed by atoms with Crippen LogP contribution in [0.15, 0.2) is 42.5 Å². The monoisotopic (exact) mass is 400 g/mol. The van der Waals surface area contributed by atoms with Crippen molar-refractivity contribution >= 4 is 35.1 Å². The van der Waals surface area contributed by atoms with Gasteiger partial charge >= 0.3 is 0 Å². The van der Waals surface area contributed by atoms with Gasteiger partial charge in [0, 0.05) is 5.02 Å². The summed E-state index contributed by atoms with van der Waals surface area (Å²) in [7, 11) is 1.56. The molecule has 0 atom stereocenters. The van der Waals surface area contributed by atoms with Crippen molar-refractivity contribution in [2.75, 3.05) is 18.2 Å². The van der Waals surface area contributed by atoms with Crippen LogP contribution in [0.4, 0.5) is 17.6 Å². The summed E-state index contributed by atoms with van der Waals surface area (Å²) in [6.07, 6.45) is 0. The second-order valence-corrected chi connectivity index (χ2v) is 5.99. The van der Waals surface area contributed by atoms with E-state index in [-0.39, 0.29) is 35.6 Å². The van der Waals surface area contributed by atoms with Crippen molar-refractivity contribution in [3.05, 3.63) is 58.9 Å². The Morgan fingerprint density at radius 1 is 1.14 bits per heavy atom. The van der Waals surface area contributed by atoms with Gasteiger partial charge in [-0.1, -0.05) is 23.7 Å². The van der Waals surface area contributed by atoms with Crippen molar-refractivity contribution in [2.24, 2.45) is 5.73 Å². The van der Waals surface area contributed by atoms with Crippen molar-refractivity contribution in [3.8, 4) is 11.5 Å². The number of aromatic nitrogens is 3. The molecule has 28 heavy (non-hydrogen) atoms. The van der Waals surface area contributed by atoms with E-state index in [1.165, 1.54) is 6.07 Å². The molecule has 3 rings (SSSR count). The number of primary amides is 1. The van der Waals surface area contributed by atoms with Crippen LogP contribution in [0.5, 0.6) is 11.5 Å². The van der Waals surface area contributed by atoms with E-state index in [0.717, 1.165) is 0 Å². The van der Waals surface area contributed by atoms with Gasteiger partial charge < -0.3 is 26.3 Å². The highest BCUT2D eigenvalue weighted by molar-refractivity contribution is 6.31. The van der Waals surface area contributed by atoms with Crippen molar-refractivity contribution in [2.45, 2.75) is 6.61 Å². The number of carbonyl (C=O) groups is 1. The van der Waals surface area contributed by atoms with Crippen LogP contribution in [-0.2, 0) is 6.61 Å². The van der Waals surface area contributed by atoms with Crippen molar-refractivity contribution in [3.63, 3.8) is 0 Å². The molecule has 0 fully saturated rings. The summed E-state index contributed by atoms with van der Waals surface area (Å²) in [4.78, 5) is 23.9. The van der Waals surface area contributed by atoms with Crippen LogP contribution in [0, 0.1) is 0 Å². The summed E-state index contributed by atoms with van der Waals surface area (Å²) >= 11 is 5.89. The van der Waals surface area contributed by atoms with Crippen LogP contribution in [0.1, 0.15) is 16.2 Å². The Morgan fingerprint density at radius 2 is 1.93 bits per heavy atom. The minimum absolute atomic E-state index is 0.0113. The fraction of sp³-hybridized carbons (Fsp3) is 0.111. The fourth-order valence-corrected chi connectivity index (χ4v) is 2.56. The number of anilines is 3. The van der Waals surface area contributed by atoms with Gasteiger partial charge in [0.1, 0.15) is 18.1 Å². The Hall–Kier alpha value is -3.59. The van der Waals surface area contributed by atoms with Gasteiger partial charge in [0.2, 0.25) is 11.9 Å². The first kappa shape index (κ1) is 19.2. The average Bonchev–Trinajstić information content (AvgIpc) is 2.67. The lowest BCUT2D eigenvalue weighted by Crippen LogP contribution is -2.14. The number of nitrogen functional groups attached to an aromatic ring is 1. The molecule has 5 N–H and O–H groups in total. The van der Waals surface area contributed by atoms with Crippen molar-refractivity contribution in [1.29, 1.82) is 0 Å². The Kier molecular flexibility index (Phi) is 5.75. The first-order chi connectivity index (χ1) is 13.5. The summed E-state index contributed by atoms with van der Waals surface area (Å²) in [6.45, 7) is -0.0603. The van der Waals surface area contributed by atoms with Gasteiger partial charge in [0.05, 0.1) is 18.4 Å². The topological polar surface area (TPSA) is 138 Å². The van der Waals surface area contributed by atoms with Crippen LogP contribution in [0.3, 0.4) is 0 Å². The molecule has 2 aromatic carbocycles. The summed E-state index contributed by atoms with van der Waals surface area (Å²) in [5.74, 6) is 0.710. The van der Waals surface area contributed by atoms with E-state index in [4.69, 9.17) is 32.5 Å². The quantitative estimate of drug-likeness (QED) is 0.549. The number of nitrogens with zero attached hydrogens (tertiary/aromatic N) is 3. The lowest BCUT2D eigenvalue weighted by Gasteiger charge is -2.12. The van der Waals surface area contributed by atoms with Gasteiger partial charge in [0.25, 0.3) is 5.91 Å². The number of carbonyl (C=O) groups excluding carboxylic acids is 1. The van der Waals surface area contributed by atoms with Crippen LogP contribution in [-0.4, -0.2) is 28.0 Å². The first-order valence-corrected chi connectivity index (χ1v) is 8.46. The van der Waals surface area contributed by atoms with E-state index in [9.17, 15) is 4.79 Å². The molecule has 0 radical (unpaired) electrons. The number of nitrogens with one attached hydrogen (secondary N) is 1. The molecule has 0 aliphatic rings. The zero-order valence-corrected chi connectivity index (χ0v) is 15.6. The Labute approximate surface area is 165 Å². The molecule has 0 aliphatic heterocycles. The molecule has 0 spiro atoms. The highest BCUT2D eigenvalue weighted by Crippen LogP contribution is 2.26. The maximum Gasteiger partial charge on any atom is 0.252 e. The molecule has 1 amide bonds. The number of methoxy groups -OCH3 is 1. The van der Waals surface area contributed by atoms with E-state index in [2.05, 4.69) is 20.3 Å². The SMILES string of the molecule is COc1ccccc1Nc1nc(N)nc(COc2ccc(Cl)cc2C(N)=O)n1. The molecular formula is C18H17ClN6O3. The van der Waals surface area contributed by atoms with Crippen LogP contribution >= 0.6 is 11.6 Å². The third kappa shape index (κ3) is 4.57. The zero-order valence-electron chi connectivity index (χ0n) is 14.8. The van der Waals surface area contributed by atoms with Gasteiger partial charge in [-0.05, 0) is 30.3 Å². The Balaban J connectivity index is 1.80. The molecule has 1 aromatic heterocycles. The standard InChI is InChI=1S/C18H17ClN6O3/c1-27-14-5-3-2-4-12(14)22-18-24-15(23-17(21)25-18)9-28-13-7-6-10(19)8-11(13)16(20)26/h2-8H,9H2,1H3,(H2,20,26)(H3,21,22,23,24,25). The maximum absolute atomic E-state index is 11.6. The number of halogens is 1. The molecule has 0 saturated heterocycles. The normalized spacial score (nSPS) is 10.4. The largest absolute Gasteiger partial charge is 0.495 e. The third-order valence-corrected chi connectivity index (χ3v) is 3.85. The number of hydrogen-bond acceptors (Lipinski definition) is 8. The molecular weight excluding hydrogens is 384 g/mol. The van der Waals surface area contributed by atoms with Gasteiger partial charge in [-0.25, -0.2) is 0 Å². The lowest BCUT2D eigenvalue weighted by atomic mass is 10.2. The molecule has 0 aliphatic carbocycles. The van der Waals surface area contributed by atoms with Gasteiger partial charge in [-0.3, -0.25) is 4.79 Å². The number of nitrogens with two attached hydrogens (primary N) is 2. The van der Waals surface area contributed by atoms with E-state index >= 15 is 0 Å². The Bertz CT molecular complexity index is 1010. The van der Waals surface area contributed by atoms with Gasteiger partial charge in [0.15, 0.2) is 5.82 Å². The molecule has 1 heterocycles. The first-order valence-electron chi connectivity index (χ1n) is 8.09. The van der Waals surface area contributed by atoms with E-state index in [0.29, 0.717) is 16.5 Å². The molecule has 9 nitrogen and oxygen atoms in total. The number of ether oxygens (including phenoxy) is 2. The highest BCUT2D eigenvalue weighted by atomic mass is 35.5. The molecule has 3 aromatic rings. The molecule has 10 heteroatoms. The lowest BCUT2D eigenvalue weighted by molar-refractivity contribution is 0.0995. The van der Waals surface area contributed by atoms with Crippen LogP contribution in [0.2, 0.25) is 5.02 Å². The second-order valence-electron chi connectivity index (χ2n) is 5.55. The van der Waals surface area contributed by atoms with E-state index in [1.807, 2.05) is 18.2 Å². The van der Waals surface area contributed by atoms with Crippen LogP contribution < -0.4 is 26.3 Å². The minimum Gasteiger partial charge on any atom is -0.495 e. The fourth-order valence-electron chi connectivity index (χ4n) is 2.39. The van der Waals surface area contributed by atoms with Crippen molar-refractivity contribution in [1.82, 2.24) is 15.0 Å². The summed E-state index contributed by atoms with van der Waals surface area (Å²) in [6, 6.07) is 11.8. The summed E-state index contributed by atoms with van der Waals surface area (Å²) < 4.78 is 10.9. The van der Waals surface area contributed by atoms with Gasteiger partial charge in [-0.15, -0.1) is 0 Å². The number of benzene rings is 2. The predicted octanol–water partition coefficient (Wildman–Crippen LogP) is 2.54. The predicted molar refractivity (Wildman–Crippen MR) is 105 cm³/mol. The molecule has 0 bridgehead atoms. The Morgan fingerprint density at radius 3 is 2.68 bits per heavy atom. The highest BCUT2D eigenvalue weighted by Gasteiger charge is 2.13. The van der Waals surface area contributed by atoms with E-state index in [1.54, 1.807) is 25.3 Å². The number of hydrogen-bond donors (Lipinski definition) is 3. The molecule has 144 valence electrons. The summed E-state index contributed by atoms with van der Waals surface area (Å²) in [5, 5.41) is 3.39. The number of rotatable bonds is 7. The zero-order chi connectivity index (χ0) is 20.1. The molecule has 0 unspecified atom stereocenters. The van der Waals surface area contributed by atoms with E-state index < -0.39 is 5.91 Å². The maximum atomic E-state index is 11.6. The molecule has 0 saturated carbocycles. The van der Waals surface area contributed by atoms with Gasteiger partial charge in [-0.2, -0.15) is 15.0 Å². The average molecular weight is 401 g/mol. The van der Waals surface area contributed by atoms with Crippen LogP contribution in [0.25, 0.3) is 0 Å². The number of amides is 1. The minimum atomic E-state index is -0.661. The number of para-hydroxylation sites is 2.